The second kappa shape index (κ2) is 7.43. The van der Waals surface area contributed by atoms with Crippen molar-refractivity contribution in [3.8, 4) is 5.75 Å². The highest BCUT2D eigenvalue weighted by atomic mass is 35.5. The Morgan fingerprint density at radius 3 is 2.42 bits per heavy atom. The molecule has 1 unspecified atom stereocenters. The van der Waals surface area contributed by atoms with Gasteiger partial charge in [-0.15, -0.1) is 11.8 Å². The summed E-state index contributed by atoms with van der Waals surface area (Å²) < 4.78 is 5.49. The van der Waals surface area contributed by atoms with Crippen molar-refractivity contribution in [2.45, 2.75) is 11.0 Å². The number of thioether (sulfide) groups is 1. The molecule has 2 rings (SSSR count). The molecule has 0 fully saturated rings. The van der Waals surface area contributed by atoms with E-state index >= 15 is 0 Å². The van der Waals surface area contributed by atoms with Crippen LogP contribution in [0.15, 0.2) is 59.5 Å². The molecule has 1 N–H and O–H groups in total. The van der Waals surface area contributed by atoms with Crippen LogP contribution in [-0.4, -0.2) is 23.6 Å². The van der Waals surface area contributed by atoms with Gasteiger partial charge in [-0.1, -0.05) is 29.8 Å². The summed E-state index contributed by atoms with van der Waals surface area (Å²) in [6, 6.07) is 17.1. The molecule has 0 heterocycles. The zero-order valence-corrected chi connectivity index (χ0v) is 11.9. The van der Waals surface area contributed by atoms with E-state index in [0.29, 0.717) is 16.5 Å². The lowest BCUT2D eigenvalue weighted by atomic mass is 10.3. The Morgan fingerprint density at radius 2 is 1.74 bits per heavy atom. The van der Waals surface area contributed by atoms with Crippen LogP contribution < -0.4 is 4.74 Å². The molecular weight excluding hydrogens is 280 g/mol. The van der Waals surface area contributed by atoms with Gasteiger partial charge in [-0.25, -0.2) is 0 Å². The van der Waals surface area contributed by atoms with Crippen molar-refractivity contribution in [2.75, 3.05) is 12.4 Å². The molecule has 0 aromatic heterocycles. The molecule has 0 radical (unpaired) electrons. The second-order valence-corrected chi connectivity index (χ2v) is 5.57. The average molecular weight is 295 g/mol. The topological polar surface area (TPSA) is 29.5 Å². The van der Waals surface area contributed by atoms with Gasteiger partial charge in [0.25, 0.3) is 0 Å². The maximum absolute atomic E-state index is 9.85. The Labute approximate surface area is 122 Å². The normalized spacial score (nSPS) is 12.1. The first-order valence-corrected chi connectivity index (χ1v) is 7.34. The Hall–Kier alpha value is -1.16. The van der Waals surface area contributed by atoms with E-state index in [1.165, 1.54) is 0 Å². The highest BCUT2D eigenvalue weighted by molar-refractivity contribution is 7.99. The van der Waals surface area contributed by atoms with Crippen LogP contribution >= 0.6 is 23.4 Å². The molecule has 4 heteroatoms. The predicted octanol–water partition coefficient (Wildman–Crippen LogP) is 3.87. The maximum Gasteiger partial charge on any atom is 0.119 e. The van der Waals surface area contributed by atoms with Crippen LogP contribution in [0.1, 0.15) is 0 Å². The summed E-state index contributed by atoms with van der Waals surface area (Å²) in [5.41, 5.74) is 0. The minimum absolute atomic E-state index is 0.279. The van der Waals surface area contributed by atoms with Gasteiger partial charge in [-0.3, -0.25) is 0 Å². The number of aliphatic hydroxyl groups excluding tert-OH is 1. The van der Waals surface area contributed by atoms with Gasteiger partial charge in [-0.05, 0) is 36.4 Å². The SMILES string of the molecule is OC(COc1ccc(Cl)cc1)CSc1ccccc1. The molecule has 2 aromatic rings. The highest BCUT2D eigenvalue weighted by Gasteiger charge is 2.06. The monoisotopic (exact) mass is 294 g/mol. The third-order valence-corrected chi connectivity index (χ3v) is 3.85. The minimum Gasteiger partial charge on any atom is -0.491 e. The summed E-state index contributed by atoms with van der Waals surface area (Å²) in [6.45, 7) is 0.279. The maximum atomic E-state index is 9.85. The fourth-order valence-corrected chi connectivity index (χ4v) is 2.44. The molecule has 0 bridgehead atoms. The van der Waals surface area contributed by atoms with E-state index in [0.717, 1.165) is 4.90 Å². The Kier molecular flexibility index (Phi) is 5.58. The van der Waals surface area contributed by atoms with Gasteiger partial charge < -0.3 is 9.84 Å². The van der Waals surface area contributed by atoms with Crippen LogP contribution in [0.4, 0.5) is 0 Å². The number of aliphatic hydroxyl groups is 1. The Bertz CT molecular complexity index is 487. The molecular formula is C15H15ClO2S. The van der Waals surface area contributed by atoms with E-state index in [1.54, 1.807) is 36.0 Å². The summed E-state index contributed by atoms with van der Waals surface area (Å²) in [7, 11) is 0. The van der Waals surface area contributed by atoms with E-state index in [-0.39, 0.29) is 6.61 Å². The van der Waals surface area contributed by atoms with Crippen LogP contribution in [0.2, 0.25) is 5.02 Å². The fraction of sp³-hybridized carbons (Fsp3) is 0.200. The number of rotatable bonds is 6. The first kappa shape index (κ1) is 14.3. The molecule has 100 valence electrons. The zero-order valence-electron chi connectivity index (χ0n) is 10.3. The summed E-state index contributed by atoms with van der Waals surface area (Å²) in [4.78, 5) is 1.15. The molecule has 0 saturated heterocycles. The number of hydrogen-bond acceptors (Lipinski definition) is 3. The zero-order chi connectivity index (χ0) is 13.5. The van der Waals surface area contributed by atoms with E-state index in [9.17, 15) is 5.11 Å². The molecule has 2 aromatic carbocycles. The molecule has 1 atom stereocenters. The molecule has 19 heavy (non-hydrogen) atoms. The molecule has 0 aliphatic rings. The van der Waals surface area contributed by atoms with Crippen LogP contribution in [0.5, 0.6) is 5.75 Å². The van der Waals surface area contributed by atoms with Crippen molar-refractivity contribution in [1.29, 1.82) is 0 Å². The first-order valence-electron chi connectivity index (χ1n) is 5.98. The highest BCUT2D eigenvalue weighted by Crippen LogP contribution is 2.19. The van der Waals surface area contributed by atoms with Crippen LogP contribution in [-0.2, 0) is 0 Å². The van der Waals surface area contributed by atoms with E-state index in [4.69, 9.17) is 16.3 Å². The minimum atomic E-state index is -0.499. The fourth-order valence-electron chi connectivity index (χ4n) is 1.48. The van der Waals surface area contributed by atoms with Gasteiger partial charge >= 0.3 is 0 Å². The van der Waals surface area contributed by atoms with Crippen molar-refractivity contribution >= 4 is 23.4 Å². The van der Waals surface area contributed by atoms with E-state index in [2.05, 4.69) is 0 Å². The third-order valence-electron chi connectivity index (χ3n) is 2.44. The first-order chi connectivity index (χ1) is 9.24. The summed E-state index contributed by atoms with van der Waals surface area (Å²) in [5, 5.41) is 10.5. The standard InChI is InChI=1S/C15H15ClO2S/c16-12-6-8-14(9-7-12)18-10-13(17)11-19-15-4-2-1-3-5-15/h1-9,13,17H,10-11H2. The molecule has 2 nitrogen and oxygen atoms in total. The van der Waals surface area contributed by atoms with Gasteiger partial charge in [0.05, 0.1) is 6.10 Å². The van der Waals surface area contributed by atoms with Crippen molar-refractivity contribution < 1.29 is 9.84 Å². The van der Waals surface area contributed by atoms with Gasteiger partial charge in [0.1, 0.15) is 12.4 Å². The third kappa shape index (κ3) is 5.15. The number of halogens is 1. The molecule has 0 aliphatic heterocycles. The Balaban J connectivity index is 1.72. The van der Waals surface area contributed by atoms with E-state index < -0.39 is 6.10 Å². The quantitative estimate of drug-likeness (QED) is 0.820. The van der Waals surface area contributed by atoms with Crippen molar-refractivity contribution in [2.24, 2.45) is 0 Å². The average Bonchev–Trinajstić information content (AvgIpc) is 2.45. The smallest absolute Gasteiger partial charge is 0.119 e. The summed E-state index contributed by atoms with van der Waals surface area (Å²) in [5.74, 6) is 1.32. The van der Waals surface area contributed by atoms with Gasteiger partial charge in [0, 0.05) is 15.7 Å². The number of ether oxygens (including phenoxy) is 1. The summed E-state index contributed by atoms with van der Waals surface area (Å²) >= 11 is 7.40. The molecule has 0 amide bonds. The lowest BCUT2D eigenvalue weighted by molar-refractivity contribution is 0.126. The van der Waals surface area contributed by atoms with E-state index in [1.807, 2.05) is 30.3 Å². The Morgan fingerprint density at radius 1 is 1.05 bits per heavy atom. The van der Waals surface area contributed by atoms with Gasteiger partial charge in [-0.2, -0.15) is 0 Å². The number of hydrogen-bond donors (Lipinski definition) is 1. The lowest BCUT2D eigenvalue weighted by Gasteiger charge is -2.12. The molecule has 0 aliphatic carbocycles. The molecule has 0 saturated carbocycles. The van der Waals surface area contributed by atoms with Gasteiger partial charge in [0.2, 0.25) is 0 Å². The predicted molar refractivity (Wildman–Crippen MR) is 80.1 cm³/mol. The van der Waals surface area contributed by atoms with Crippen LogP contribution in [0, 0.1) is 0 Å². The van der Waals surface area contributed by atoms with Crippen LogP contribution in [0.3, 0.4) is 0 Å². The lowest BCUT2D eigenvalue weighted by Crippen LogP contribution is -2.19. The molecule has 0 spiro atoms. The largest absolute Gasteiger partial charge is 0.491 e. The van der Waals surface area contributed by atoms with Crippen LogP contribution in [0.25, 0.3) is 0 Å². The number of benzene rings is 2. The second-order valence-electron chi connectivity index (χ2n) is 4.04. The van der Waals surface area contributed by atoms with Crippen molar-refractivity contribution in [3.05, 3.63) is 59.6 Å². The van der Waals surface area contributed by atoms with Crippen molar-refractivity contribution in [3.63, 3.8) is 0 Å². The summed E-state index contributed by atoms with van der Waals surface area (Å²) in [6.07, 6.45) is -0.499. The van der Waals surface area contributed by atoms with Gasteiger partial charge in [0.15, 0.2) is 0 Å². The van der Waals surface area contributed by atoms with Crippen molar-refractivity contribution in [1.82, 2.24) is 0 Å².